The Morgan fingerprint density at radius 2 is 2.30 bits per heavy atom. The highest BCUT2D eigenvalue weighted by atomic mass is 79.9. The van der Waals surface area contributed by atoms with Gasteiger partial charge in [-0.3, -0.25) is 0 Å². The summed E-state index contributed by atoms with van der Waals surface area (Å²) in [5.74, 6) is 2.28. The molecule has 106 valence electrons. The van der Waals surface area contributed by atoms with Crippen LogP contribution in [0.3, 0.4) is 0 Å². The van der Waals surface area contributed by atoms with Crippen molar-refractivity contribution in [2.75, 3.05) is 11.9 Å². The first-order chi connectivity index (χ1) is 9.63. The van der Waals surface area contributed by atoms with Gasteiger partial charge in [0.2, 0.25) is 5.13 Å². The number of halogens is 1. The van der Waals surface area contributed by atoms with Crippen LogP contribution in [0.1, 0.15) is 36.7 Å². The SMILES string of the molecule is CC(C)c1nsc(NCc2cc(Br)cc3c2OCC3)n1. The molecule has 0 saturated heterocycles. The number of ether oxygens (including phenoxy) is 1. The fraction of sp³-hybridized carbons (Fsp3) is 0.429. The number of hydrogen-bond donors (Lipinski definition) is 1. The molecule has 0 saturated carbocycles. The van der Waals surface area contributed by atoms with E-state index in [-0.39, 0.29) is 0 Å². The molecule has 0 radical (unpaired) electrons. The second-order valence-electron chi connectivity index (χ2n) is 5.12. The number of benzene rings is 1. The zero-order valence-corrected chi connectivity index (χ0v) is 13.8. The molecule has 3 rings (SSSR count). The zero-order chi connectivity index (χ0) is 14.1. The summed E-state index contributed by atoms with van der Waals surface area (Å²) in [5.41, 5.74) is 2.43. The van der Waals surface area contributed by atoms with Crippen LogP contribution >= 0.6 is 27.5 Å². The molecule has 4 nitrogen and oxygen atoms in total. The molecule has 20 heavy (non-hydrogen) atoms. The minimum atomic E-state index is 0.361. The van der Waals surface area contributed by atoms with Gasteiger partial charge in [0.25, 0.3) is 0 Å². The van der Waals surface area contributed by atoms with Crippen LogP contribution in [0.25, 0.3) is 0 Å². The maximum atomic E-state index is 5.72. The van der Waals surface area contributed by atoms with E-state index in [0.717, 1.165) is 39.8 Å². The molecule has 0 spiro atoms. The molecule has 0 aliphatic carbocycles. The van der Waals surface area contributed by atoms with Crippen molar-refractivity contribution in [1.82, 2.24) is 9.36 Å². The first-order valence-electron chi connectivity index (χ1n) is 6.65. The topological polar surface area (TPSA) is 47.0 Å². The number of rotatable bonds is 4. The molecule has 1 N–H and O–H groups in total. The summed E-state index contributed by atoms with van der Waals surface area (Å²) in [4.78, 5) is 4.48. The number of nitrogens with zero attached hydrogens (tertiary/aromatic N) is 2. The first-order valence-corrected chi connectivity index (χ1v) is 8.21. The number of hydrogen-bond acceptors (Lipinski definition) is 5. The highest BCUT2D eigenvalue weighted by molar-refractivity contribution is 9.10. The maximum absolute atomic E-state index is 5.72. The summed E-state index contributed by atoms with van der Waals surface area (Å²) >= 11 is 4.97. The molecule has 2 aromatic rings. The Bertz CT molecular complexity index is 627. The summed E-state index contributed by atoms with van der Waals surface area (Å²) in [7, 11) is 0. The van der Waals surface area contributed by atoms with Gasteiger partial charge < -0.3 is 10.1 Å². The summed E-state index contributed by atoms with van der Waals surface area (Å²) in [5, 5.41) is 4.20. The van der Waals surface area contributed by atoms with E-state index >= 15 is 0 Å². The lowest BCUT2D eigenvalue weighted by atomic mass is 10.1. The maximum Gasteiger partial charge on any atom is 0.202 e. The Morgan fingerprint density at radius 1 is 1.45 bits per heavy atom. The largest absolute Gasteiger partial charge is 0.493 e. The van der Waals surface area contributed by atoms with Gasteiger partial charge in [-0.2, -0.15) is 4.37 Å². The number of nitrogens with one attached hydrogen (secondary N) is 1. The van der Waals surface area contributed by atoms with Crippen molar-refractivity contribution in [1.29, 1.82) is 0 Å². The van der Waals surface area contributed by atoms with Gasteiger partial charge in [-0.1, -0.05) is 29.8 Å². The van der Waals surface area contributed by atoms with E-state index in [4.69, 9.17) is 4.74 Å². The van der Waals surface area contributed by atoms with E-state index in [1.807, 2.05) is 0 Å². The fourth-order valence-electron chi connectivity index (χ4n) is 2.19. The van der Waals surface area contributed by atoms with Gasteiger partial charge in [0.15, 0.2) is 0 Å². The fourth-order valence-corrected chi connectivity index (χ4v) is 3.44. The van der Waals surface area contributed by atoms with Gasteiger partial charge in [0, 0.05) is 40.5 Å². The predicted octanol–water partition coefficient (Wildman–Crippen LogP) is 3.97. The van der Waals surface area contributed by atoms with E-state index in [0.29, 0.717) is 12.5 Å². The van der Waals surface area contributed by atoms with Crippen LogP contribution in [0.2, 0.25) is 0 Å². The van der Waals surface area contributed by atoms with Crippen LogP contribution in [0.5, 0.6) is 5.75 Å². The lowest BCUT2D eigenvalue weighted by Crippen LogP contribution is -2.02. The first kappa shape index (κ1) is 13.8. The summed E-state index contributed by atoms with van der Waals surface area (Å²) in [6, 6.07) is 4.23. The smallest absolute Gasteiger partial charge is 0.202 e. The average molecular weight is 354 g/mol. The van der Waals surface area contributed by atoms with E-state index < -0.39 is 0 Å². The minimum absolute atomic E-state index is 0.361. The van der Waals surface area contributed by atoms with Gasteiger partial charge in [0.05, 0.1) is 6.61 Å². The number of aromatic nitrogens is 2. The molecule has 6 heteroatoms. The Morgan fingerprint density at radius 3 is 3.05 bits per heavy atom. The van der Waals surface area contributed by atoms with Crippen LogP contribution in [-0.4, -0.2) is 16.0 Å². The third-order valence-electron chi connectivity index (χ3n) is 3.21. The highest BCUT2D eigenvalue weighted by Gasteiger charge is 2.17. The molecule has 0 fully saturated rings. The summed E-state index contributed by atoms with van der Waals surface area (Å²) in [6.45, 7) is 5.67. The summed E-state index contributed by atoms with van der Waals surface area (Å²) < 4.78 is 11.2. The molecule has 1 aliphatic rings. The van der Waals surface area contributed by atoms with Gasteiger partial charge in [-0.15, -0.1) is 0 Å². The molecule has 0 bridgehead atoms. The lowest BCUT2D eigenvalue weighted by Gasteiger charge is -2.09. The monoisotopic (exact) mass is 353 g/mol. The lowest BCUT2D eigenvalue weighted by molar-refractivity contribution is 0.354. The van der Waals surface area contributed by atoms with E-state index in [9.17, 15) is 0 Å². The Labute approximate surface area is 130 Å². The Hall–Kier alpha value is -1.14. The zero-order valence-electron chi connectivity index (χ0n) is 11.4. The molecular formula is C14H16BrN3OS. The van der Waals surface area contributed by atoms with E-state index in [1.54, 1.807) is 0 Å². The molecule has 1 aliphatic heterocycles. The van der Waals surface area contributed by atoms with Crippen molar-refractivity contribution in [3.63, 3.8) is 0 Å². The molecule has 1 aromatic heterocycles. The molecule has 2 heterocycles. The molecule has 0 unspecified atom stereocenters. The highest BCUT2D eigenvalue weighted by Crippen LogP contribution is 2.33. The third kappa shape index (κ3) is 2.81. The summed E-state index contributed by atoms with van der Waals surface area (Å²) in [6.07, 6.45) is 0.984. The Balaban J connectivity index is 1.75. The van der Waals surface area contributed by atoms with Crippen molar-refractivity contribution < 1.29 is 4.74 Å². The van der Waals surface area contributed by atoms with Gasteiger partial charge >= 0.3 is 0 Å². The molecular weight excluding hydrogens is 338 g/mol. The van der Waals surface area contributed by atoms with Gasteiger partial charge in [-0.05, 0) is 17.7 Å². The van der Waals surface area contributed by atoms with E-state index in [2.05, 4.69) is 56.6 Å². The van der Waals surface area contributed by atoms with Crippen LogP contribution in [0.15, 0.2) is 16.6 Å². The second kappa shape index (κ2) is 5.69. The van der Waals surface area contributed by atoms with Crippen LogP contribution < -0.4 is 10.1 Å². The third-order valence-corrected chi connectivity index (χ3v) is 4.36. The molecule has 0 amide bonds. The number of fused-ring (bicyclic) bond motifs is 1. The van der Waals surface area contributed by atoms with Gasteiger partial charge in [-0.25, -0.2) is 4.98 Å². The van der Waals surface area contributed by atoms with Crippen LogP contribution in [0.4, 0.5) is 5.13 Å². The number of anilines is 1. The standard InChI is InChI=1S/C14H16BrN3OS/c1-8(2)13-17-14(20-18-13)16-7-10-6-11(15)5-9-3-4-19-12(9)10/h5-6,8H,3-4,7H2,1-2H3,(H,16,17,18). The van der Waals surface area contributed by atoms with Crippen molar-refractivity contribution in [3.05, 3.63) is 33.6 Å². The van der Waals surface area contributed by atoms with E-state index in [1.165, 1.54) is 17.1 Å². The second-order valence-corrected chi connectivity index (χ2v) is 6.79. The predicted molar refractivity (Wildman–Crippen MR) is 84.7 cm³/mol. The molecule has 1 aromatic carbocycles. The normalized spacial score (nSPS) is 13.4. The van der Waals surface area contributed by atoms with Crippen molar-refractivity contribution in [2.45, 2.75) is 32.7 Å². The van der Waals surface area contributed by atoms with Crippen molar-refractivity contribution in [2.24, 2.45) is 0 Å². The average Bonchev–Trinajstić information content (AvgIpc) is 3.04. The Kier molecular flexibility index (Phi) is 3.94. The molecule has 0 atom stereocenters. The van der Waals surface area contributed by atoms with Crippen molar-refractivity contribution >= 4 is 32.6 Å². The van der Waals surface area contributed by atoms with Crippen LogP contribution in [-0.2, 0) is 13.0 Å². The van der Waals surface area contributed by atoms with Crippen molar-refractivity contribution in [3.8, 4) is 5.75 Å². The quantitative estimate of drug-likeness (QED) is 0.903. The van der Waals surface area contributed by atoms with Crippen LogP contribution in [0, 0.1) is 0 Å². The van der Waals surface area contributed by atoms with Gasteiger partial charge in [0.1, 0.15) is 11.6 Å². The minimum Gasteiger partial charge on any atom is -0.493 e.